The molecular formula is C27H32BrClO4. The highest BCUT2D eigenvalue weighted by atomic mass is 79.9. The molecule has 0 bridgehead atoms. The lowest BCUT2D eigenvalue weighted by molar-refractivity contribution is -0.186. The van der Waals surface area contributed by atoms with Gasteiger partial charge in [-0.25, -0.2) is 0 Å². The molecule has 0 amide bonds. The van der Waals surface area contributed by atoms with E-state index in [4.69, 9.17) is 16.3 Å². The lowest BCUT2D eigenvalue weighted by Crippen LogP contribution is -2.58. The topological polar surface area (TPSA) is 60.4 Å². The summed E-state index contributed by atoms with van der Waals surface area (Å²) in [5, 5.41) is 1.30. The molecule has 0 aromatic rings. The number of Topliss-reactive ketones (excluding diaryl/α,β-unsaturated/α-hetero) is 1. The number of allylic oxidation sites excluding steroid dienone is 6. The molecule has 0 aromatic heterocycles. The minimum absolute atomic E-state index is 0.0723. The van der Waals surface area contributed by atoms with Gasteiger partial charge >= 0.3 is 5.97 Å². The molecule has 2 saturated carbocycles. The predicted molar refractivity (Wildman–Crippen MR) is 133 cm³/mol. The molecule has 6 atom stereocenters. The molecule has 0 aliphatic heterocycles. The van der Waals surface area contributed by atoms with Crippen LogP contribution in [0.4, 0.5) is 0 Å². The zero-order chi connectivity index (χ0) is 24.3. The van der Waals surface area contributed by atoms with Crippen molar-refractivity contribution in [3.63, 3.8) is 0 Å². The normalized spacial score (nSPS) is 39.8. The number of carbonyl (C=O) groups is 3. The SMILES string of the molecule is C=C1C(=C)[C@@]2(C)C(=CC1=O)C(Cl)=C[C@@H]1[C@@H]2CC[C@@]2(C)[C@H]1CC[C@]2(OC(=O)CCCBr)C(C)=O. The number of alkyl halides is 1. The number of esters is 1. The summed E-state index contributed by atoms with van der Waals surface area (Å²) in [6.07, 6.45) is 7.57. The maximum atomic E-state index is 13.1. The van der Waals surface area contributed by atoms with Gasteiger partial charge < -0.3 is 4.74 Å². The molecule has 4 aliphatic rings. The second-order valence-corrected chi connectivity index (χ2v) is 11.7. The minimum Gasteiger partial charge on any atom is -0.450 e. The first kappa shape index (κ1) is 24.7. The van der Waals surface area contributed by atoms with Crippen molar-refractivity contribution in [2.24, 2.45) is 28.6 Å². The Morgan fingerprint density at radius 3 is 2.52 bits per heavy atom. The molecular weight excluding hydrogens is 504 g/mol. The van der Waals surface area contributed by atoms with Crippen LogP contribution in [0.2, 0.25) is 0 Å². The van der Waals surface area contributed by atoms with Gasteiger partial charge in [-0.05, 0) is 74.0 Å². The van der Waals surface area contributed by atoms with Crippen molar-refractivity contribution in [1.82, 2.24) is 0 Å². The van der Waals surface area contributed by atoms with E-state index < -0.39 is 16.4 Å². The van der Waals surface area contributed by atoms with Crippen molar-refractivity contribution in [2.75, 3.05) is 5.33 Å². The van der Waals surface area contributed by atoms with Crippen LogP contribution in [-0.2, 0) is 19.1 Å². The summed E-state index contributed by atoms with van der Waals surface area (Å²) in [6, 6.07) is 0. The van der Waals surface area contributed by atoms with Crippen LogP contribution in [0.1, 0.15) is 59.3 Å². The third kappa shape index (κ3) is 3.32. The van der Waals surface area contributed by atoms with Crippen molar-refractivity contribution in [3.05, 3.63) is 47.1 Å². The molecule has 0 spiro atoms. The van der Waals surface area contributed by atoms with Crippen LogP contribution in [-0.4, -0.2) is 28.5 Å². The van der Waals surface area contributed by atoms with Gasteiger partial charge in [0, 0.05) is 33.2 Å². The van der Waals surface area contributed by atoms with Crippen LogP contribution in [0, 0.1) is 28.6 Å². The van der Waals surface area contributed by atoms with Gasteiger partial charge in [-0.3, -0.25) is 14.4 Å². The smallest absolute Gasteiger partial charge is 0.306 e. The summed E-state index contributed by atoms with van der Waals surface area (Å²) >= 11 is 10.2. The lowest BCUT2D eigenvalue weighted by Gasteiger charge is -2.58. The van der Waals surface area contributed by atoms with E-state index in [1.807, 2.05) is 0 Å². The molecule has 2 fully saturated rings. The Balaban J connectivity index is 1.76. The van der Waals surface area contributed by atoms with Crippen LogP contribution in [0.3, 0.4) is 0 Å². The first-order valence-corrected chi connectivity index (χ1v) is 13.3. The highest BCUT2D eigenvalue weighted by Crippen LogP contribution is 2.69. The van der Waals surface area contributed by atoms with Gasteiger partial charge in [0.05, 0.1) is 0 Å². The Labute approximate surface area is 209 Å². The molecule has 4 nitrogen and oxygen atoms in total. The van der Waals surface area contributed by atoms with E-state index in [9.17, 15) is 14.4 Å². The fourth-order valence-electron chi connectivity index (χ4n) is 7.37. The largest absolute Gasteiger partial charge is 0.450 e. The van der Waals surface area contributed by atoms with E-state index in [2.05, 4.69) is 49.0 Å². The van der Waals surface area contributed by atoms with E-state index in [1.54, 1.807) is 13.0 Å². The predicted octanol–water partition coefficient (Wildman–Crippen LogP) is 6.24. The van der Waals surface area contributed by atoms with Crippen LogP contribution in [0.15, 0.2) is 47.1 Å². The quantitative estimate of drug-likeness (QED) is 0.238. The van der Waals surface area contributed by atoms with Gasteiger partial charge in [-0.1, -0.05) is 60.6 Å². The zero-order valence-electron chi connectivity index (χ0n) is 19.6. The molecule has 0 radical (unpaired) electrons. The number of ether oxygens (including phenoxy) is 1. The van der Waals surface area contributed by atoms with Crippen LogP contribution in [0.5, 0.6) is 0 Å². The molecule has 0 unspecified atom stereocenters. The minimum atomic E-state index is -1.10. The van der Waals surface area contributed by atoms with Gasteiger partial charge in [0.2, 0.25) is 0 Å². The van der Waals surface area contributed by atoms with Gasteiger partial charge in [-0.2, -0.15) is 0 Å². The van der Waals surface area contributed by atoms with Gasteiger partial charge in [0.15, 0.2) is 17.2 Å². The van der Waals surface area contributed by atoms with Crippen molar-refractivity contribution in [2.45, 2.75) is 64.9 Å². The van der Waals surface area contributed by atoms with Crippen LogP contribution in [0.25, 0.3) is 0 Å². The van der Waals surface area contributed by atoms with E-state index in [1.165, 1.54) is 0 Å². The third-order valence-electron chi connectivity index (χ3n) is 9.28. The number of fused-ring (bicyclic) bond motifs is 5. The Morgan fingerprint density at radius 2 is 1.88 bits per heavy atom. The second kappa shape index (κ2) is 8.34. The zero-order valence-corrected chi connectivity index (χ0v) is 22.0. The highest BCUT2D eigenvalue weighted by Gasteiger charge is 2.68. The number of ketones is 2. The van der Waals surface area contributed by atoms with Crippen molar-refractivity contribution >= 4 is 45.1 Å². The molecule has 178 valence electrons. The molecule has 4 aliphatic carbocycles. The van der Waals surface area contributed by atoms with E-state index in [0.717, 1.165) is 30.4 Å². The molecule has 0 saturated heterocycles. The monoisotopic (exact) mass is 534 g/mol. The first-order valence-electron chi connectivity index (χ1n) is 11.8. The average Bonchev–Trinajstić information content (AvgIpc) is 3.06. The molecule has 6 heteroatoms. The number of halogens is 2. The molecule has 0 N–H and O–H groups in total. The Hall–Kier alpha value is -1.46. The van der Waals surface area contributed by atoms with Crippen molar-refractivity contribution < 1.29 is 19.1 Å². The summed E-state index contributed by atoms with van der Waals surface area (Å²) < 4.78 is 6.07. The number of carbonyl (C=O) groups excluding carboxylic acids is 3. The van der Waals surface area contributed by atoms with Gasteiger partial charge in [0.1, 0.15) is 0 Å². The summed E-state index contributed by atoms with van der Waals surface area (Å²) in [4.78, 5) is 38.2. The van der Waals surface area contributed by atoms with Crippen molar-refractivity contribution in [1.29, 1.82) is 0 Å². The number of hydrogen-bond acceptors (Lipinski definition) is 4. The lowest BCUT2D eigenvalue weighted by atomic mass is 9.47. The summed E-state index contributed by atoms with van der Waals surface area (Å²) in [7, 11) is 0. The summed E-state index contributed by atoms with van der Waals surface area (Å²) in [5.74, 6) is -0.0949. The van der Waals surface area contributed by atoms with Crippen molar-refractivity contribution in [3.8, 4) is 0 Å². The van der Waals surface area contributed by atoms with Crippen LogP contribution >= 0.6 is 27.5 Å². The maximum absolute atomic E-state index is 13.1. The molecule has 33 heavy (non-hydrogen) atoms. The number of hydrogen-bond donors (Lipinski definition) is 0. The summed E-state index contributed by atoms with van der Waals surface area (Å²) in [6.45, 7) is 14.1. The van der Waals surface area contributed by atoms with Gasteiger partial charge in [-0.15, -0.1) is 0 Å². The standard InChI is InChI=1S/C27H32BrClO4/c1-15-16(2)26(5)20-8-10-25(4)19(18(20)13-22(29)21(26)14-23(15)31)9-11-27(25,17(3)30)33-24(32)7-6-12-28/h13-14,18-20H,1-2,6-12H2,3-5H3/t18-,19-,20-,25-,26+,27-/m0/s1. The van der Waals surface area contributed by atoms with E-state index >= 15 is 0 Å². The fourth-order valence-corrected chi connectivity index (χ4v) is 8.04. The fraction of sp³-hybridized carbons (Fsp3) is 0.593. The first-order chi connectivity index (χ1) is 15.4. The van der Waals surface area contributed by atoms with Crippen LogP contribution < -0.4 is 0 Å². The van der Waals surface area contributed by atoms with E-state index in [0.29, 0.717) is 35.2 Å². The Bertz CT molecular complexity index is 1030. The molecule has 4 rings (SSSR count). The average molecular weight is 536 g/mol. The molecule has 0 aromatic carbocycles. The molecule has 0 heterocycles. The van der Waals surface area contributed by atoms with Gasteiger partial charge in [0.25, 0.3) is 0 Å². The Kier molecular flexibility index (Phi) is 6.23. The maximum Gasteiger partial charge on any atom is 0.306 e. The summed E-state index contributed by atoms with van der Waals surface area (Å²) in [5.41, 5.74) is -0.0353. The highest BCUT2D eigenvalue weighted by molar-refractivity contribution is 9.09. The number of rotatable bonds is 5. The van der Waals surface area contributed by atoms with E-state index in [-0.39, 0.29) is 35.3 Å². The Morgan fingerprint density at radius 1 is 1.21 bits per heavy atom. The third-order valence-corrected chi connectivity index (χ3v) is 10.2. The second-order valence-electron chi connectivity index (χ2n) is 10.5.